The summed E-state index contributed by atoms with van der Waals surface area (Å²) in [5, 5.41) is 3.23. The first-order valence-corrected chi connectivity index (χ1v) is 6.07. The highest BCUT2D eigenvalue weighted by Crippen LogP contribution is 2.29. The molecule has 2 atom stereocenters. The molecule has 2 nitrogen and oxygen atoms in total. The van der Waals surface area contributed by atoms with E-state index >= 15 is 0 Å². The maximum atomic E-state index is 13.5. The summed E-state index contributed by atoms with van der Waals surface area (Å²) in [4.78, 5) is 0. The molecular weight excluding hydrogens is 243 g/mol. The molecule has 1 aliphatic carbocycles. The van der Waals surface area contributed by atoms with E-state index in [1.54, 1.807) is 6.07 Å². The minimum Gasteiger partial charge on any atom is -0.432 e. The van der Waals surface area contributed by atoms with Gasteiger partial charge in [-0.1, -0.05) is 13.3 Å². The molecule has 5 heteroatoms. The van der Waals surface area contributed by atoms with Crippen molar-refractivity contribution in [3.05, 3.63) is 24.0 Å². The van der Waals surface area contributed by atoms with Gasteiger partial charge in [0, 0.05) is 17.8 Å². The molecule has 0 aromatic heterocycles. The first kappa shape index (κ1) is 13.1. The molecule has 0 bridgehead atoms. The SMILES string of the molecule is CC1CCCC1Nc1ccc(OC(F)F)c(F)c1. The lowest BCUT2D eigenvalue weighted by molar-refractivity contribution is -0.0521. The lowest BCUT2D eigenvalue weighted by atomic mass is 10.1. The fourth-order valence-corrected chi connectivity index (χ4v) is 2.36. The highest BCUT2D eigenvalue weighted by atomic mass is 19.3. The summed E-state index contributed by atoms with van der Waals surface area (Å²) in [6.45, 7) is -0.858. The molecule has 1 aromatic rings. The van der Waals surface area contributed by atoms with Crippen molar-refractivity contribution < 1.29 is 17.9 Å². The number of benzene rings is 1. The summed E-state index contributed by atoms with van der Waals surface area (Å²) >= 11 is 0. The summed E-state index contributed by atoms with van der Waals surface area (Å²) in [5.41, 5.74) is 0.605. The lowest BCUT2D eigenvalue weighted by Crippen LogP contribution is -2.21. The van der Waals surface area contributed by atoms with Gasteiger partial charge in [0.15, 0.2) is 11.6 Å². The van der Waals surface area contributed by atoms with E-state index in [9.17, 15) is 13.2 Å². The van der Waals surface area contributed by atoms with Crippen molar-refractivity contribution >= 4 is 5.69 Å². The van der Waals surface area contributed by atoms with E-state index in [0.717, 1.165) is 19.3 Å². The third-order valence-electron chi connectivity index (χ3n) is 3.36. The van der Waals surface area contributed by atoms with Gasteiger partial charge >= 0.3 is 6.61 Å². The van der Waals surface area contributed by atoms with Crippen LogP contribution in [-0.2, 0) is 0 Å². The van der Waals surface area contributed by atoms with Crippen LogP contribution < -0.4 is 10.1 Å². The Balaban J connectivity index is 2.04. The average molecular weight is 259 g/mol. The van der Waals surface area contributed by atoms with Crippen molar-refractivity contribution in [2.75, 3.05) is 5.32 Å². The Bertz CT molecular complexity index is 411. The zero-order valence-corrected chi connectivity index (χ0v) is 10.1. The molecule has 1 aliphatic rings. The van der Waals surface area contributed by atoms with Crippen molar-refractivity contribution in [1.82, 2.24) is 0 Å². The molecule has 1 fully saturated rings. The maximum absolute atomic E-state index is 13.5. The van der Waals surface area contributed by atoms with Crippen LogP contribution in [0.5, 0.6) is 5.75 Å². The van der Waals surface area contributed by atoms with Crippen LogP contribution in [0, 0.1) is 11.7 Å². The zero-order valence-electron chi connectivity index (χ0n) is 10.1. The first-order valence-electron chi connectivity index (χ1n) is 6.07. The van der Waals surface area contributed by atoms with Gasteiger partial charge in [0.2, 0.25) is 0 Å². The predicted molar refractivity (Wildman–Crippen MR) is 63.5 cm³/mol. The summed E-state index contributed by atoms with van der Waals surface area (Å²) in [5.74, 6) is -0.647. The van der Waals surface area contributed by atoms with Gasteiger partial charge in [-0.15, -0.1) is 0 Å². The molecule has 0 radical (unpaired) electrons. The van der Waals surface area contributed by atoms with Gasteiger partial charge in [0.1, 0.15) is 0 Å². The Morgan fingerprint density at radius 3 is 2.67 bits per heavy atom. The molecule has 0 saturated heterocycles. The Morgan fingerprint density at radius 1 is 1.33 bits per heavy atom. The number of hydrogen-bond donors (Lipinski definition) is 1. The van der Waals surface area contributed by atoms with Crippen molar-refractivity contribution in [3.63, 3.8) is 0 Å². The number of hydrogen-bond acceptors (Lipinski definition) is 2. The molecule has 1 aromatic carbocycles. The minimum atomic E-state index is -3.01. The number of nitrogens with one attached hydrogen (secondary N) is 1. The van der Waals surface area contributed by atoms with E-state index in [0.29, 0.717) is 17.6 Å². The van der Waals surface area contributed by atoms with E-state index in [1.165, 1.54) is 12.1 Å². The van der Waals surface area contributed by atoms with Gasteiger partial charge in [-0.2, -0.15) is 8.78 Å². The van der Waals surface area contributed by atoms with Crippen molar-refractivity contribution in [2.24, 2.45) is 5.92 Å². The van der Waals surface area contributed by atoms with Crippen LogP contribution in [0.2, 0.25) is 0 Å². The summed E-state index contributed by atoms with van der Waals surface area (Å²) in [6, 6.07) is 4.31. The van der Waals surface area contributed by atoms with Gasteiger partial charge in [-0.3, -0.25) is 0 Å². The van der Waals surface area contributed by atoms with Crippen molar-refractivity contribution in [1.29, 1.82) is 0 Å². The van der Waals surface area contributed by atoms with Crippen LogP contribution >= 0.6 is 0 Å². The summed E-state index contributed by atoms with van der Waals surface area (Å²) in [6.07, 6.45) is 3.37. The third-order valence-corrected chi connectivity index (χ3v) is 3.36. The smallest absolute Gasteiger partial charge is 0.387 e. The highest BCUT2D eigenvalue weighted by Gasteiger charge is 2.23. The van der Waals surface area contributed by atoms with E-state index in [2.05, 4.69) is 17.0 Å². The van der Waals surface area contributed by atoms with Crippen LogP contribution in [0.4, 0.5) is 18.9 Å². The predicted octanol–water partition coefficient (Wildman–Crippen LogP) is 4.03. The lowest BCUT2D eigenvalue weighted by Gasteiger charge is -2.19. The molecule has 1 N–H and O–H groups in total. The summed E-state index contributed by atoms with van der Waals surface area (Å²) < 4.78 is 41.5. The standard InChI is InChI=1S/C13H16F3NO/c1-8-3-2-4-11(8)17-9-5-6-12(10(14)7-9)18-13(15)16/h5-8,11,13,17H,2-4H2,1H3. The molecule has 2 unspecified atom stereocenters. The quantitative estimate of drug-likeness (QED) is 0.881. The number of halogens is 3. The van der Waals surface area contributed by atoms with Gasteiger partial charge in [0.25, 0.3) is 0 Å². The highest BCUT2D eigenvalue weighted by molar-refractivity contribution is 5.48. The van der Waals surface area contributed by atoms with Crippen LogP contribution in [0.15, 0.2) is 18.2 Å². The number of ether oxygens (including phenoxy) is 1. The van der Waals surface area contributed by atoms with Crippen molar-refractivity contribution in [2.45, 2.75) is 38.8 Å². The van der Waals surface area contributed by atoms with Gasteiger partial charge in [0.05, 0.1) is 0 Å². The van der Waals surface area contributed by atoms with Crippen LogP contribution in [0.3, 0.4) is 0 Å². The molecule has 0 aliphatic heterocycles. The monoisotopic (exact) mass is 259 g/mol. The molecule has 100 valence electrons. The number of rotatable bonds is 4. The van der Waals surface area contributed by atoms with E-state index < -0.39 is 18.2 Å². The molecule has 0 spiro atoms. The topological polar surface area (TPSA) is 21.3 Å². The Labute approximate surface area is 104 Å². The first-order chi connectivity index (χ1) is 8.56. The Hall–Kier alpha value is -1.39. The number of alkyl halides is 2. The molecule has 0 heterocycles. The number of anilines is 1. The van der Waals surface area contributed by atoms with Crippen LogP contribution in [-0.4, -0.2) is 12.7 Å². The second-order valence-corrected chi connectivity index (χ2v) is 4.68. The fourth-order valence-electron chi connectivity index (χ4n) is 2.36. The Kier molecular flexibility index (Phi) is 3.99. The van der Waals surface area contributed by atoms with Crippen LogP contribution in [0.1, 0.15) is 26.2 Å². The molecule has 1 saturated carbocycles. The fraction of sp³-hybridized carbons (Fsp3) is 0.538. The molecule has 0 amide bonds. The van der Waals surface area contributed by atoms with Gasteiger partial charge < -0.3 is 10.1 Å². The largest absolute Gasteiger partial charge is 0.432 e. The van der Waals surface area contributed by atoms with E-state index in [4.69, 9.17) is 0 Å². The Morgan fingerprint density at radius 2 is 2.11 bits per heavy atom. The maximum Gasteiger partial charge on any atom is 0.387 e. The van der Waals surface area contributed by atoms with Gasteiger partial charge in [-0.25, -0.2) is 4.39 Å². The third kappa shape index (κ3) is 3.09. The molecule has 18 heavy (non-hydrogen) atoms. The summed E-state index contributed by atoms with van der Waals surface area (Å²) in [7, 11) is 0. The normalized spacial score (nSPS) is 23.4. The minimum absolute atomic E-state index is 0.325. The second-order valence-electron chi connectivity index (χ2n) is 4.68. The van der Waals surface area contributed by atoms with E-state index in [-0.39, 0.29) is 0 Å². The average Bonchev–Trinajstić information content (AvgIpc) is 2.68. The zero-order chi connectivity index (χ0) is 13.1. The molecular formula is C13H16F3NO. The van der Waals surface area contributed by atoms with E-state index in [1.807, 2.05) is 0 Å². The second kappa shape index (κ2) is 5.50. The van der Waals surface area contributed by atoms with Crippen molar-refractivity contribution in [3.8, 4) is 5.75 Å². The molecule has 2 rings (SSSR count). The van der Waals surface area contributed by atoms with Gasteiger partial charge in [-0.05, 0) is 30.9 Å². The van der Waals surface area contributed by atoms with Crippen LogP contribution in [0.25, 0.3) is 0 Å².